The van der Waals surface area contributed by atoms with Crippen molar-refractivity contribution in [2.75, 3.05) is 0 Å². The summed E-state index contributed by atoms with van der Waals surface area (Å²) < 4.78 is 6.00. The lowest BCUT2D eigenvalue weighted by molar-refractivity contribution is 0.660. The summed E-state index contributed by atoms with van der Waals surface area (Å²) in [5, 5.41) is 19.0. The first-order valence-corrected chi connectivity index (χ1v) is 9.68. The number of benzene rings is 4. The van der Waals surface area contributed by atoms with Crippen molar-refractivity contribution in [1.82, 2.24) is 0 Å². The molecule has 0 atom stereocenters. The van der Waals surface area contributed by atoms with Crippen LogP contribution in [0.2, 0.25) is 0 Å². The van der Waals surface area contributed by atoms with E-state index in [4.69, 9.17) is 14.9 Å². The van der Waals surface area contributed by atoms with E-state index in [0.29, 0.717) is 33.1 Å². The van der Waals surface area contributed by atoms with Gasteiger partial charge in [0.15, 0.2) is 0 Å². The Kier molecular flexibility index (Phi) is 4.32. The first-order valence-electron chi connectivity index (χ1n) is 9.68. The molecule has 0 bridgehead atoms. The van der Waals surface area contributed by atoms with Gasteiger partial charge in [0.25, 0.3) is 0 Å². The summed E-state index contributed by atoms with van der Waals surface area (Å²) in [6.45, 7) is 0. The van der Waals surface area contributed by atoms with Crippen molar-refractivity contribution < 1.29 is 4.42 Å². The quantitative estimate of drug-likeness (QED) is 0.340. The van der Waals surface area contributed by atoms with Crippen molar-refractivity contribution in [2.24, 2.45) is 0 Å². The van der Waals surface area contributed by atoms with Crippen molar-refractivity contribution in [1.29, 1.82) is 10.5 Å². The van der Waals surface area contributed by atoms with Crippen LogP contribution in [-0.4, -0.2) is 0 Å². The van der Waals surface area contributed by atoms with E-state index in [2.05, 4.69) is 12.1 Å². The van der Waals surface area contributed by atoms with Crippen LogP contribution in [0.15, 0.2) is 94.1 Å². The molecule has 0 radical (unpaired) electrons. The van der Waals surface area contributed by atoms with Gasteiger partial charge in [-0.15, -0.1) is 0 Å². The molecule has 4 heteroatoms. The molecule has 0 saturated heterocycles. The molecule has 0 aliphatic rings. The highest BCUT2D eigenvalue weighted by atomic mass is 16.3. The van der Waals surface area contributed by atoms with E-state index in [1.165, 1.54) is 0 Å². The van der Waals surface area contributed by atoms with E-state index < -0.39 is 0 Å². The normalized spacial score (nSPS) is 10.6. The lowest BCUT2D eigenvalue weighted by atomic mass is 10.00. The van der Waals surface area contributed by atoms with E-state index >= 15 is 0 Å². The fraction of sp³-hybridized carbons (Fsp3) is 0. The van der Waals surface area contributed by atoms with Gasteiger partial charge in [0, 0.05) is 0 Å². The maximum Gasteiger partial charge on any atom is 0.200 e. The molecule has 5 rings (SSSR count). The average Bonchev–Trinajstić information content (AvgIpc) is 2.84. The SMILES string of the molecule is N#Cc1ccc(-c2ccc3oc4ccc(-c5ccc(C#N)cc5)cc4c(=O)c3c2)cc1. The standard InChI is InChI=1S/C27H14N2O2/c28-15-17-1-5-19(6-2-17)21-9-11-25-23(13-21)27(30)24-14-22(10-12-26(24)31-25)20-7-3-18(16-29)4-8-20/h1-14H. The number of fused-ring (bicyclic) bond motifs is 2. The predicted octanol–water partition coefficient (Wildman–Crippen LogP) is 6.02. The second kappa shape index (κ2) is 7.30. The second-order valence-corrected chi connectivity index (χ2v) is 7.23. The molecule has 0 spiro atoms. The summed E-state index contributed by atoms with van der Waals surface area (Å²) in [4.78, 5) is 13.3. The van der Waals surface area contributed by atoms with Gasteiger partial charge in [0.1, 0.15) is 11.2 Å². The van der Waals surface area contributed by atoms with Crippen LogP contribution in [0.5, 0.6) is 0 Å². The van der Waals surface area contributed by atoms with Crippen LogP contribution in [0.25, 0.3) is 44.2 Å². The lowest BCUT2D eigenvalue weighted by Crippen LogP contribution is -2.02. The third kappa shape index (κ3) is 3.23. The molecule has 4 nitrogen and oxygen atoms in total. The Morgan fingerprint density at radius 1 is 0.548 bits per heavy atom. The first-order chi connectivity index (χ1) is 15.2. The van der Waals surface area contributed by atoms with Gasteiger partial charge in [0.2, 0.25) is 5.43 Å². The Labute approximate surface area is 177 Å². The predicted molar refractivity (Wildman–Crippen MR) is 120 cm³/mol. The van der Waals surface area contributed by atoms with E-state index in [0.717, 1.165) is 22.3 Å². The first kappa shape index (κ1) is 18.4. The summed E-state index contributed by atoms with van der Waals surface area (Å²) >= 11 is 0. The molecule has 0 aliphatic heterocycles. The summed E-state index contributed by atoms with van der Waals surface area (Å²) in [7, 11) is 0. The van der Waals surface area contributed by atoms with Gasteiger partial charge in [0.05, 0.1) is 34.0 Å². The van der Waals surface area contributed by atoms with Gasteiger partial charge in [-0.3, -0.25) is 4.79 Å². The zero-order valence-electron chi connectivity index (χ0n) is 16.3. The maximum atomic E-state index is 13.3. The minimum atomic E-state index is -0.0951. The largest absolute Gasteiger partial charge is 0.456 e. The topological polar surface area (TPSA) is 77.8 Å². The van der Waals surface area contributed by atoms with Crippen molar-refractivity contribution in [3.05, 3.63) is 106 Å². The van der Waals surface area contributed by atoms with E-state index in [1.54, 1.807) is 36.4 Å². The molecular weight excluding hydrogens is 384 g/mol. The molecule has 0 saturated carbocycles. The summed E-state index contributed by atoms with van der Waals surface area (Å²) in [5.74, 6) is 0. The second-order valence-electron chi connectivity index (χ2n) is 7.23. The van der Waals surface area contributed by atoms with Crippen LogP contribution in [-0.2, 0) is 0 Å². The van der Waals surface area contributed by atoms with Crippen LogP contribution in [0, 0.1) is 22.7 Å². The molecule has 0 amide bonds. The van der Waals surface area contributed by atoms with E-state index in [9.17, 15) is 4.79 Å². The number of nitriles is 2. The molecular formula is C27H14N2O2. The third-order valence-electron chi connectivity index (χ3n) is 5.36. The number of hydrogen-bond donors (Lipinski definition) is 0. The summed E-state index contributed by atoms with van der Waals surface area (Å²) in [6.07, 6.45) is 0. The highest BCUT2D eigenvalue weighted by Crippen LogP contribution is 2.28. The van der Waals surface area contributed by atoms with Gasteiger partial charge in [-0.2, -0.15) is 10.5 Å². The molecule has 0 unspecified atom stereocenters. The minimum Gasteiger partial charge on any atom is -0.456 e. The zero-order chi connectivity index (χ0) is 21.4. The van der Waals surface area contributed by atoms with Crippen molar-refractivity contribution >= 4 is 21.9 Å². The molecule has 0 fully saturated rings. The lowest BCUT2D eigenvalue weighted by Gasteiger charge is -2.07. The molecule has 31 heavy (non-hydrogen) atoms. The fourth-order valence-electron chi connectivity index (χ4n) is 3.69. The highest BCUT2D eigenvalue weighted by molar-refractivity contribution is 5.93. The Bertz CT molecular complexity index is 1480. The van der Waals surface area contributed by atoms with Crippen LogP contribution in [0.4, 0.5) is 0 Å². The van der Waals surface area contributed by atoms with Crippen LogP contribution in [0.3, 0.4) is 0 Å². The average molecular weight is 398 g/mol. The van der Waals surface area contributed by atoms with Gasteiger partial charge in [-0.1, -0.05) is 36.4 Å². The Hall–Kier alpha value is -4.67. The van der Waals surface area contributed by atoms with Gasteiger partial charge < -0.3 is 4.42 Å². The van der Waals surface area contributed by atoms with Crippen LogP contribution >= 0.6 is 0 Å². The van der Waals surface area contributed by atoms with Crippen molar-refractivity contribution in [2.45, 2.75) is 0 Å². The molecule has 1 heterocycles. The number of rotatable bonds is 2. The number of hydrogen-bond acceptors (Lipinski definition) is 4. The smallest absolute Gasteiger partial charge is 0.200 e. The van der Waals surface area contributed by atoms with Gasteiger partial charge in [-0.25, -0.2) is 0 Å². The molecule has 0 N–H and O–H groups in total. The monoisotopic (exact) mass is 398 g/mol. The maximum absolute atomic E-state index is 13.3. The molecule has 144 valence electrons. The third-order valence-corrected chi connectivity index (χ3v) is 5.36. The van der Waals surface area contributed by atoms with E-state index in [-0.39, 0.29) is 5.43 Å². The molecule has 5 aromatic rings. The molecule has 0 aliphatic carbocycles. The van der Waals surface area contributed by atoms with E-state index in [1.807, 2.05) is 48.5 Å². The summed E-state index contributed by atoms with van der Waals surface area (Å²) in [6, 6.07) is 29.8. The molecule has 1 aromatic heterocycles. The van der Waals surface area contributed by atoms with Crippen LogP contribution in [0.1, 0.15) is 11.1 Å². The van der Waals surface area contributed by atoms with Crippen molar-refractivity contribution in [3.63, 3.8) is 0 Å². The Morgan fingerprint density at radius 2 is 0.935 bits per heavy atom. The number of nitrogens with zero attached hydrogens (tertiary/aromatic N) is 2. The fourth-order valence-corrected chi connectivity index (χ4v) is 3.69. The zero-order valence-corrected chi connectivity index (χ0v) is 16.3. The Morgan fingerprint density at radius 3 is 1.32 bits per heavy atom. The minimum absolute atomic E-state index is 0.0951. The van der Waals surface area contributed by atoms with Crippen LogP contribution < -0.4 is 5.43 Å². The summed E-state index contributed by atoms with van der Waals surface area (Å²) in [5.41, 5.74) is 5.75. The van der Waals surface area contributed by atoms with Gasteiger partial charge in [-0.05, 0) is 70.8 Å². The highest BCUT2D eigenvalue weighted by Gasteiger charge is 2.11. The van der Waals surface area contributed by atoms with Crippen molar-refractivity contribution in [3.8, 4) is 34.4 Å². The molecule has 4 aromatic carbocycles. The van der Waals surface area contributed by atoms with Gasteiger partial charge >= 0.3 is 0 Å². The Balaban J connectivity index is 1.66.